The normalized spacial score (nSPS) is 28.4. The van der Waals surface area contributed by atoms with Crippen LogP contribution in [0, 0.1) is 24.6 Å². The predicted octanol–water partition coefficient (Wildman–Crippen LogP) is 4.21. The monoisotopic (exact) mass is 264 g/mol. The zero-order valence-corrected chi connectivity index (χ0v) is 12.4. The van der Waals surface area contributed by atoms with E-state index >= 15 is 0 Å². The minimum Gasteiger partial charge on any atom is -0.393 e. The summed E-state index contributed by atoms with van der Waals surface area (Å²) < 4.78 is 13.6. The van der Waals surface area contributed by atoms with E-state index in [1.54, 1.807) is 12.1 Å². The van der Waals surface area contributed by atoms with Crippen molar-refractivity contribution < 1.29 is 9.50 Å². The molecule has 0 bridgehead atoms. The number of rotatable bonds is 2. The van der Waals surface area contributed by atoms with Gasteiger partial charge in [0.1, 0.15) is 5.82 Å². The number of halogens is 1. The number of aliphatic hydroxyl groups excluding tert-OH is 1. The Morgan fingerprint density at radius 3 is 2.47 bits per heavy atom. The second-order valence-corrected chi connectivity index (χ2v) is 6.83. The molecular formula is C17H25FO. The third kappa shape index (κ3) is 3.00. The van der Waals surface area contributed by atoms with Crippen molar-refractivity contribution >= 4 is 0 Å². The number of benzene rings is 1. The molecule has 0 aliphatic heterocycles. The van der Waals surface area contributed by atoms with Crippen molar-refractivity contribution in [2.75, 3.05) is 0 Å². The van der Waals surface area contributed by atoms with E-state index in [1.165, 1.54) is 0 Å². The molecule has 106 valence electrons. The van der Waals surface area contributed by atoms with Crippen LogP contribution in [0.4, 0.5) is 4.39 Å². The Labute approximate surface area is 115 Å². The van der Waals surface area contributed by atoms with Gasteiger partial charge < -0.3 is 5.11 Å². The molecule has 1 nitrogen and oxygen atoms in total. The molecule has 19 heavy (non-hydrogen) atoms. The van der Waals surface area contributed by atoms with Gasteiger partial charge in [-0.1, -0.05) is 33.3 Å². The maximum Gasteiger partial charge on any atom is 0.123 e. The molecular weight excluding hydrogens is 239 g/mol. The SMILES string of the molecule is Cc1cc(F)cc(C(C)(C)C2CCC(C)CC2O)c1. The fourth-order valence-electron chi connectivity index (χ4n) is 3.52. The van der Waals surface area contributed by atoms with Crippen LogP contribution >= 0.6 is 0 Å². The average molecular weight is 264 g/mol. The summed E-state index contributed by atoms with van der Waals surface area (Å²) >= 11 is 0. The number of aryl methyl sites for hydroxylation is 1. The molecule has 0 aromatic heterocycles. The van der Waals surface area contributed by atoms with Crippen LogP contribution < -0.4 is 0 Å². The van der Waals surface area contributed by atoms with Crippen LogP contribution in [0.15, 0.2) is 18.2 Å². The highest BCUT2D eigenvalue weighted by Crippen LogP contribution is 2.42. The fourth-order valence-corrected chi connectivity index (χ4v) is 3.52. The van der Waals surface area contributed by atoms with E-state index in [-0.39, 0.29) is 23.3 Å². The molecule has 1 aliphatic rings. The molecule has 3 atom stereocenters. The van der Waals surface area contributed by atoms with Crippen LogP contribution in [0.5, 0.6) is 0 Å². The second-order valence-electron chi connectivity index (χ2n) is 6.83. The summed E-state index contributed by atoms with van der Waals surface area (Å²) in [5.74, 6) is 0.628. The Kier molecular flexibility index (Phi) is 4.00. The third-order valence-corrected chi connectivity index (χ3v) is 4.79. The quantitative estimate of drug-likeness (QED) is 0.848. The summed E-state index contributed by atoms with van der Waals surface area (Å²) in [4.78, 5) is 0. The van der Waals surface area contributed by atoms with Crippen molar-refractivity contribution in [1.82, 2.24) is 0 Å². The standard InChI is InChI=1S/C17H25FO/c1-11-5-6-15(16(19)9-11)17(3,4)13-7-12(2)8-14(18)10-13/h7-8,10-11,15-16,19H,5-6,9H2,1-4H3. The van der Waals surface area contributed by atoms with Crippen LogP contribution in [0.25, 0.3) is 0 Å². The molecule has 0 radical (unpaired) electrons. The predicted molar refractivity (Wildman–Crippen MR) is 76.7 cm³/mol. The Hall–Kier alpha value is -0.890. The molecule has 0 saturated heterocycles. The molecule has 1 aliphatic carbocycles. The maximum absolute atomic E-state index is 13.6. The highest BCUT2D eigenvalue weighted by Gasteiger charge is 2.39. The summed E-state index contributed by atoms with van der Waals surface area (Å²) in [6.07, 6.45) is 2.76. The average Bonchev–Trinajstić information content (AvgIpc) is 2.26. The van der Waals surface area contributed by atoms with Crippen molar-refractivity contribution in [3.05, 3.63) is 35.1 Å². The van der Waals surface area contributed by atoms with Gasteiger partial charge in [0.05, 0.1) is 6.10 Å². The number of hydrogen-bond donors (Lipinski definition) is 1. The van der Waals surface area contributed by atoms with Gasteiger partial charge in [-0.25, -0.2) is 4.39 Å². The summed E-state index contributed by atoms with van der Waals surface area (Å²) in [5, 5.41) is 10.4. The van der Waals surface area contributed by atoms with E-state index in [9.17, 15) is 9.50 Å². The van der Waals surface area contributed by atoms with E-state index in [4.69, 9.17) is 0 Å². The van der Waals surface area contributed by atoms with E-state index in [0.29, 0.717) is 5.92 Å². The number of hydrogen-bond acceptors (Lipinski definition) is 1. The van der Waals surface area contributed by atoms with Crippen molar-refractivity contribution in [3.8, 4) is 0 Å². The lowest BCUT2D eigenvalue weighted by atomic mass is 9.64. The summed E-state index contributed by atoms with van der Waals surface area (Å²) in [6.45, 7) is 8.37. The summed E-state index contributed by atoms with van der Waals surface area (Å²) in [6, 6.07) is 5.23. The minimum atomic E-state index is -0.276. The van der Waals surface area contributed by atoms with Crippen molar-refractivity contribution in [1.29, 1.82) is 0 Å². The Morgan fingerprint density at radius 2 is 1.89 bits per heavy atom. The largest absolute Gasteiger partial charge is 0.393 e. The second kappa shape index (κ2) is 5.24. The van der Waals surface area contributed by atoms with Gasteiger partial charge in [-0.15, -0.1) is 0 Å². The highest BCUT2D eigenvalue weighted by atomic mass is 19.1. The van der Waals surface area contributed by atoms with Crippen molar-refractivity contribution in [2.24, 2.45) is 11.8 Å². The first-order valence-corrected chi connectivity index (χ1v) is 7.26. The molecule has 2 rings (SSSR count). The van der Waals surface area contributed by atoms with Crippen LogP contribution in [-0.4, -0.2) is 11.2 Å². The van der Waals surface area contributed by atoms with Crippen molar-refractivity contribution in [3.63, 3.8) is 0 Å². The maximum atomic E-state index is 13.6. The lowest BCUT2D eigenvalue weighted by Crippen LogP contribution is -2.41. The lowest BCUT2D eigenvalue weighted by molar-refractivity contribution is 0.0142. The molecule has 2 heteroatoms. The molecule has 1 aromatic rings. The first-order valence-electron chi connectivity index (χ1n) is 7.26. The van der Waals surface area contributed by atoms with Gasteiger partial charge in [0, 0.05) is 0 Å². The molecule has 0 heterocycles. The number of aliphatic hydroxyl groups is 1. The fraction of sp³-hybridized carbons (Fsp3) is 0.647. The van der Waals surface area contributed by atoms with Gasteiger partial charge in [0.2, 0.25) is 0 Å². The van der Waals surface area contributed by atoms with Crippen LogP contribution in [0.1, 0.15) is 51.2 Å². The smallest absolute Gasteiger partial charge is 0.123 e. The zero-order valence-electron chi connectivity index (χ0n) is 12.4. The topological polar surface area (TPSA) is 20.2 Å². The molecule has 0 amide bonds. The van der Waals surface area contributed by atoms with Crippen LogP contribution in [-0.2, 0) is 5.41 Å². The highest BCUT2D eigenvalue weighted by molar-refractivity contribution is 5.30. The molecule has 1 aromatic carbocycles. The van der Waals surface area contributed by atoms with Gasteiger partial charge in [0.25, 0.3) is 0 Å². The third-order valence-electron chi connectivity index (χ3n) is 4.79. The first-order chi connectivity index (χ1) is 8.80. The minimum absolute atomic E-state index is 0.179. The molecule has 1 N–H and O–H groups in total. The lowest BCUT2D eigenvalue weighted by Gasteiger charge is -2.42. The van der Waals surface area contributed by atoms with E-state index in [2.05, 4.69) is 20.8 Å². The molecule has 3 unspecified atom stereocenters. The molecule has 0 spiro atoms. The first kappa shape index (κ1) is 14.5. The van der Waals surface area contributed by atoms with E-state index < -0.39 is 0 Å². The van der Waals surface area contributed by atoms with Gasteiger partial charge in [-0.2, -0.15) is 0 Å². The van der Waals surface area contributed by atoms with Gasteiger partial charge in [0.15, 0.2) is 0 Å². The van der Waals surface area contributed by atoms with E-state index in [0.717, 1.165) is 30.4 Å². The van der Waals surface area contributed by atoms with Crippen LogP contribution in [0.2, 0.25) is 0 Å². The van der Waals surface area contributed by atoms with Gasteiger partial charge >= 0.3 is 0 Å². The Bertz CT molecular complexity index is 432. The van der Waals surface area contributed by atoms with Crippen LogP contribution in [0.3, 0.4) is 0 Å². The van der Waals surface area contributed by atoms with Gasteiger partial charge in [-0.3, -0.25) is 0 Å². The summed E-state index contributed by atoms with van der Waals surface area (Å²) in [5.41, 5.74) is 1.76. The zero-order chi connectivity index (χ0) is 14.2. The summed E-state index contributed by atoms with van der Waals surface area (Å²) in [7, 11) is 0. The van der Waals surface area contributed by atoms with Crippen molar-refractivity contribution in [2.45, 2.75) is 58.5 Å². The molecule has 1 saturated carbocycles. The van der Waals surface area contributed by atoms with E-state index in [1.807, 2.05) is 13.0 Å². The Balaban J connectivity index is 2.30. The molecule has 1 fully saturated rings. The Morgan fingerprint density at radius 1 is 1.21 bits per heavy atom. The van der Waals surface area contributed by atoms with Gasteiger partial charge in [-0.05, 0) is 60.3 Å².